The van der Waals surface area contributed by atoms with Gasteiger partial charge in [0.25, 0.3) is 0 Å². The molecule has 0 amide bonds. The molecule has 0 aliphatic carbocycles. The van der Waals surface area contributed by atoms with Crippen molar-refractivity contribution >= 4 is 0 Å². The highest BCUT2D eigenvalue weighted by molar-refractivity contribution is 5.43. The van der Waals surface area contributed by atoms with Gasteiger partial charge in [-0.25, -0.2) is 0 Å². The maximum atomic E-state index is 10.4. The average molecular weight is 442 g/mol. The van der Waals surface area contributed by atoms with Gasteiger partial charge < -0.3 is 24.4 Å². The van der Waals surface area contributed by atoms with Gasteiger partial charge in [-0.2, -0.15) is 0 Å². The van der Waals surface area contributed by atoms with Crippen LogP contribution in [0, 0.1) is 0 Å². The molecule has 1 aliphatic rings. The van der Waals surface area contributed by atoms with E-state index in [2.05, 4.69) is 65.1 Å². The summed E-state index contributed by atoms with van der Waals surface area (Å²) in [5.41, 5.74) is 2.53. The first-order chi connectivity index (χ1) is 15.6. The molecule has 176 valence electrons. The lowest BCUT2D eigenvalue weighted by Gasteiger charge is -2.34. The van der Waals surface area contributed by atoms with Crippen molar-refractivity contribution in [1.29, 1.82) is 0 Å². The number of benzene rings is 2. The number of rotatable bonds is 12. The molecule has 2 aromatic rings. The summed E-state index contributed by atoms with van der Waals surface area (Å²) < 4.78 is 11.5. The number of methoxy groups -OCH3 is 1. The Morgan fingerprint density at radius 2 is 1.69 bits per heavy atom. The van der Waals surface area contributed by atoms with Gasteiger partial charge in [-0.05, 0) is 43.3 Å². The predicted molar refractivity (Wildman–Crippen MR) is 130 cm³/mol. The third-order valence-electron chi connectivity index (χ3n) is 6.12. The van der Waals surface area contributed by atoms with E-state index >= 15 is 0 Å². The van der Waals surface area contributed by atoms with E-state index in [1.54, 1.807) is 7.11 Å². The fourth-order valence-corrected chi connectivity index (χ4v) is 4.11. The molecule has 6 nitrogen and oxygen atoms in total. The Hall–Kier alpha value is -2.12. The zero-order chi connectivity index (χ0) is 22.8. The van der Waals surface area contributed by atoms with Gasteiger partial charge >= 0.3 is 0 Å². The van der Waals surface area contributed by atoms with Crippen LogP contribution in [0.5, 0.6) is 11.5 Å². The zero-order valence-corrected chi connectivity index (χ0v) is 19.9. The maximum Gasteiger partial charge on any atom is 0.161 e. The number of hydrogen-bond donors (Lipinski definition) is 1. The molecule has 1 heterocycles. The molecule has 0 bridgehead atoms. The number of piperazine rings is 1. The van der Waals surface area contributed by atoms with Crippen molar-refractivity contribution in [3.8, 4) is 11.5 Å². The molecule has 0 spiro atoms. The van der Waals surface area contributed by atoms with Crippen molar-refractivity contribution in [3.63, 3.8) is 0 Å². The van der Waals surface area contributed by atoms with E-state index in [0.29, 0.717) is 18.0 Å². The molecule has 1 fully saturated rings. The van der Waals surface area contributed by atoms with Crippen molar-refractivity contribution in [3.05, 3.63) is 59.7 Å². The third kappa shape index (κ3) is 7.78. The molecule has 32 heavy (non-hydrogen) atoms. The fraction of sp³-hybridized carbons (Fsp3) is 0.538. The summed E-state index contributed by atoms with van der Waals surface area (Å²) in [6.07, 6.45) is 0.512. The second kappa shape index (κ2) is 12.8. The lowest BCUT2D eigenvalue weighted by atomic mass is 10.1. The monoisotopic (exact) mass is 441 g/mol. The zero-order valence-electron chi connectivity index (χ0n) is 19.9. The molecular weight excluding hydrogens is 402 g/mol. The van der Waals surface area contributed by atoms with Gasteiger partial charge in [0.05, 0.1) is 7.11 Å². The molecule has 6 heteroatoms. The second-order valence-corrected chi connectivity index (χ2v) is 8.66. The van der Waals surface area contributed by atoms with Gasteiger partial charge in [-0.15, -0.1) is 0 Å². The summed E-state index contributed by atoms with van der Waals surface area (Å²) in [5, 5.41) is 10.4. The minimum Gasteiger partial charge on any atom is -0.493 e. The van der Waals surface area contributed by atoms with Crippen molar-refractivity contribution in [2.24, 2.45) is 0 Å². The molecule has 1 saturated heterocycles. The summed E-state index contributed by atoms with van der Waals surface area (Å²) in [7, 11) is 3.80. The van der Waals surface area contributed by atoms with E-state index in [4.69, 9.17) is 9.47 Å². The Labute approximate surface area is 193 Å². The summed E-state index contributed by atoms with van der Waals surface area (Å²) >= 11 is 0. The largest absolute Gasteiger partial charge is 0.493 e. The normalized spacial score (nSPS) is 16.3. The number of aliphatic hydroxyl groups is 1. The van der Waals surface area contributed by atoms with Crippen LogP contribution in [0.2, 0.25) is 0 Å². The number of likely N-dealkylation sites (N-methyl/N-ethyl adjacent to an activating group) is 2. The van der Waals surface area contributed by atoms with Crippen LogP contribution < -0.4 is 9.47 Å². The minimum absolute atomic E-state index is 0.265. The quantitative estimate of drug-likeness (QED) is 0.547. The van der Waals surface area contributed by atoms with Crippen molar-refractivity contribution < 1.29 is 14.6 Å². The summed E-state index contributed by atoms with van der Waals surface area (Å²) in [6, 6.07) is 16.6. The first-order valence-electron chi connectivity index (χ1n) is 11.7. The molecule has 0 radical (unpaired) electrons. The highest BCUT2D eigenvalue weighted by Crippen LogP contribution is 2.28. The first kappa shape index (κ1) is 24.5. The van der Waals surface area contributed by atoms with E-state index in [1.165, 1.54) is 11.1 Å². The number of hydrogen-bond acceptors (Lipinski definition) is 6. The minimum atomic E-state index is -0.517. The summed E-state index contributed by atoms with van der Waals surface area (Å²) in [5.74, 6) is 1.39. The van der Waals surface area contributed by atoms with Crippen LogP contribution in [-0.4, -0.2) is 92.5 Å². The number of ether oxygens (including phenoxy) is 2. The van der Waals surface area contributed by atoms with Crippen LogP contribution in [0.1, 0.15) is 18.1 Å². The van der Waals surface area contributed by atoms with E-state index < -0.39 is 6.10 Å². The lowest BCUT2D eigenvalue weighted by molar-refractivity contribution is 0.0464. The molecule has 0 saturated carbocycles. The van der Waals surface area contributed by atoms with Crippen LogP contribution in [0.15, 0.2) is 48.5 Å². The standard InChI is InChI=1S/C26H39N3O3/c1-4-28-14-16-29(17-15-28)20-24(30)21-32-25-11-10-23(18-26(25)31-3)19-27(2)13-12-22-8-6-5-7-9-22/h5-11,18,24,30H,4,12-17,19-21H2,1-3H3. The third-order valence-corrected chi connectivity index (χ3v) is 6.12. The molecule has 3 rings (SSSR count). The highest BCUT2D eigenvalue weighted by Gasteiger charge is 2.19. The number of β-amino-alcohol motifs (C(OH)–C–C–N with tert-alkyl or cyclic N) is 1. The van der Waals surface area contributed by atoms with E-state index in [9.17, 15) is 5.11 Å². The van der Waals surface area contributed by atoms with Crippen molar-refractivity contribution in [2.45, 2.75) is 26.0 Å². The topological polar surface area (TPSA) is 48.4 Å². The van der Waals surface area contributed by atoms with E-state index in [0.717, 1.165) is 52.2 Å². The van der Waals surface area contributed by atoms with Gasteiger partial charge in [0.1, 0.15) is 12.7 Å². The summed E-state index contributed by atoms with van der Waals surface area (Å²) in [6.45, 7) is 10.2. The van der Waals surface area contributed by atoms with Gasteiger partial charge in [0.15, 0.2) is 11.5 Å². The highest BCUT2D eigenvalue weighted by atomic mass is 16.5. The van der Waals surface area contributed by atoms with E-state index in [1.807, 2.05) is 12.1 Å². The molecule has 2 aromatic carbocycles. The Balaban J connectivity index is 1.45. The van der Waals surface area contributed by atoms with Gasteiger partial charge in [0, 0.05) is 45.8 Å². The van der Waals surface area contributed by atoms with Crippen LogP contribution in [0.3, 0.4) is 0 Å². The smallest absolute Gasteiger partial charge is 0.161 e. The molecule has 1 aliphatic heterocycles. The first-order valence-corrected chi connectivity index (χ1v) is 11.7. The Morgan fingerprint density at radius 3 is 2.38 bits per heavy atom. The van der Waals surface area contributed by atoms with Crippen molar-refractivity contribution in [2.75, 3.05) is 66.6 Å². The Morgan fingerprint density at radius 1 is 0.969 bits per heavy atom. The SMILES string of the molecule is CCN1CCN(CC(O)COc2ccc(CN(C)CCc3ccccc3)cc2OC)CC1. The van der Waals surface area contributed by atoms with E-state index in [-0.39, 0.29) is 6.61 Å². The molecule has 1 N–H and O–H groups in total. The van der Waals surface area contributed by atoms with Crippen LogP contribution >= 0.6 is 0 Å². The van der Waals surface area contributed by atoms with Crippen LogP contribution in [0.25, 0.3) is 0 Å². The molecule has 0 aromatic heterocycles. The molecule has 1 atom stereocenters. The fourth-order valence-electron chi connectivity index (χ4n) is 4.11. The van der Waals surface area contributed by atoms with Gasteiger partial charge in [-0.3, -0.25) is 4.90 Å². The average Bonchev–Trinajstić information content (AvgIpc) is 2.83. The second-order valence-electron chi connectivity index (χ2n) is 8.66. The maximum absolute atomic E-state index is 10.4. The van der Waals surface area contributed by atoms with Gasteiger partial charge in [0.2, 0.25) is 0 Å². The van der Waals surface area contributed by atoms with Crippen LogP contribution in [-0.2, 0) is 13.0 Å². The van der Waals surface area contributed by atoms with Gasteiger partial charge in [-0.1, -0.05) is 43.3 Å². The predicted octanol–water partition coefficient (Wildman–Crippen LogP) is 2.75. The molecule has 1 unspecified atom stereocenters. The Kier molecular flexibility index (Phi) is 9.81. The van der Waals surface area contributed by atoms with Crippen molar-refractivity contribution in [1.82, 2.24) is 14.7 Å². The molecular formula is C26H39N3O3. The number of nitrogens with zero attached hydrogens (tertiary/aromatic N) is 3. The number of aliphatic hydroxyl groups excluding tert-OH is 1. The lowest BCUT2D eigenvalue weighted by Crippen LogP contribution is -2.49. The summed E-state index contributed by atoms with van der Waals surface area (Å²) in [4.78, 5) is 7.06. The van der Waals surface area contributed by atoms with Crippen LogP contribution in [0.4, 0.5) is 0 Å². The Bertz CT molecular complexity index is 794.